The highest BCUT2D eigenvalue weighted by molar-refractivity contribution is 6.32. The van der Waals surface area contributed by atoms with Crippen molar-refractivity contribution >= 4 is 11.6 Å². The number of alkyl halides is 4. The Labute approximate surface area is 118 Å². The van der Waals surface area contributed by atoms with Crippen LogP contribution in [0.15, 0.2) is 18.2 Å². The van der Waals surface area contributed by atoms with E-state index >= 15 is 0 Å². The Morgan fingerprint density at radius 2 is 2.00 bits per heavy atom. The summed E-state index contributed by atoms with van der Waals surface area (Å²) in [6, 6.07) is 3.88. The van der Waals surface area contributed by atoms with Crippen LogP contribution < -0.4 is 10.5 Å². The van der Waals surface area contributed by atoms with Crippen LogP contribution in [0.4, 0.5) is 17.6 Å². The van der Waals surface area contributed by atoms with Gasteiger partial charge in [-0.15, -0.1) is 0 Å². The first-order chi connectivity index (χ1) is 9.27. The average molecular weight is 316 g/mol. The highest BCUT2D eigenvalue weighted by Crippen LogP contribution is 2.28. The molecular weight excluding hydrogens is 302 g/mol. The zero-order chi connectivity index (χ0) is 15.3. The summed E-state index contributed by atoms with van der Waals surface area (Å²) < 4.78 is 58.6. The standard InChI is InChI=1S/C12H14ClF4NO2/c1-19-10-4-7(2-3-8(10)13)9(18)5-20-6-12(16,17)11(14)15/h2-4,9,11H,5-6,18H2,1H3. The Balaban J connectivity index is 2.57. The molecule has 114 valence electrons. The number of nitrogens with two attached hydrogens (primary N) is 1. The van der Waals surface area contributed by atoms with E-state index in [-0.39, 0.29) is 6.61 Å². The van der Waals surface area contributed by atoms with Crippen molar-refractivity contribution in [2.45, 2.75) is 18.4 Å². The molecular formula is C12H14ClF4NO2. The fourth-order valence-corrected chi connectivity index (χ4v) is 1.58. The smallest absolute Gasteiger partial charge is 0.330 e. The molecule has 1 aromatic carbocycles. The Hall–Kier alpha value is -1.05. The van der Waals surface area contributed by atoms with Crippen molar-refractivity contribution < 1.29 is 27.0 Å². The zero-order valence-electron chi connectivity index (χ0n) is 10.6. The highest BCUT2D eigenvalue weighted by Gasteiger charge is 2.41. The minimum Gasteiger partial charge on any atom is -0.495 e. The molecule has 0 heterocycles. The Bertz CT molecular complexity index is 445. The second-order valence-corrected chi connectivity index (χ2v) is 4.48. The second-order valence-electron chi connectivity index (χ2n) is 4.08. The lowest BCUT2D eigenvalue weighted by Gasteiger charge is -2.18. The third-order valence-electron chi connectivity index (χ3n) is 2.51. The lowest BCUT2D eigenvalue weighted by molar-refractivity contribution is -0.166. The van der Waals surface area contributed by atoms with Gasteiger partial charge in [-0.05, 0) is 17.7 Å². The summed E-state index contributed by atoms with van der Waals surface area (Å²) in [6.45, 7) is -1.71. The van der Waals surface area contributed by atoms with Gasteiger partial charge in [0.25, 0.3) is 0 Å². The molecule has 0 aromatic heterocycles. The van der Waals surface area contributed by atoms with Gasteiger partial charge < -0.3 is 15.2 Å². The number of hydrogen-bond donors (Lipinski definition) is 1. The summed E-state index contributed by atoms with van der Waals surface area (Å²) in [7, 11) is 1.41. The van der Waals surface area contributed by atoms with Gasteiger partial charge in [-0.3, -0.25) is 0 Å². The lowest BCUT2D eigenvalue weighted by atomic mass is 10.1. The molecule has 0 spiro atoms. The van der Waals surface area contributed by atoms with E-state index in [1.54, 1.807) is 6.07 Å². The zero-order valence-corrected chi connectivity index (χ0v) is 11.3. The minimum absolute atomic E-state index is 0.326. The van der Waals surface area contributed by atoms with Crippen molar-refractivity contribution in [2.75, 3.05) is 20.3 Å². The first kappa shape index (κ1) is 17.0. The van der Waals surface area contributed by atoms with Gasteiger partial charge >= 0.3 is 12.3 Å². The monoisotopic (exact) mass is 315 g/mol. The second kappa shape index (κ2) is 7.10. The summed E-state index contributed by atoms with van der Waals surface area (Å²) in [4.78, 5) is 0. The Morgan fingerprint density at radius 3 is 2.55 bits per heavy atom. The van der Waals surface area contributed by atoms with Gasteiger partial charge in [0.05, 0.1) is 24.8 Å². The first-order valence-corrected chi connectivity index (χ1v) is 5.98. The summed E-state index contributed by atoms with van der Waals surface area (Å²) in [6.07, 6.45) is -3.77. The van der Waals surface area contributed by atoms with E-state index in [0.717, 1.165) is 0 Å². The van der Waals surface area contributed by atoms with Crippen molar-refractivity contribution in [1.29, 1.82) is 0 Å². The number of ether oxygens (including phenoxy) is 2. The van der Waals surface area contributed by atoms with E-state index in [4.69, 9.17) is 22.1 Å². The van der Waals surface area contributed by atoms with E-state index in [2.05, 4.69) is 4.74 Å². The van der Waals surface area contributed by atoms with Gasteiger partial charge in [-0.25, -0.2) is 8.78 Å². The topological polar surface area (TPSA) is 44.5 Å². The lowest BCUT2D eigenvalue weighted by Crippen LogP contribution is -2.33. The van der Waals surface area contributed by atoms with Crippen LogP contribution in [0.5, 0.6) is 5.75 Å². The van der Waals surface area contributed by atoms with Crippen LogP contribution in [0.1, 0.15) is 11.6 Å². The number of rotatable bonds is 7. The van der Waals surface area contributed by atoms with Crippen molar-refractivity contribution in [2.24, 2.45) is 5.73 Å². The van der Waals surface area contributed by atoms with Crippen molar-refractivity contribution in [3.63, 3.8) is 0 Å². The molecule has 1 atom stereocenters. The van der Waals surface area contributed by atoms with Gasteiger partial charge in [0, 0.05) is 0 Å². The van der Waals surface area contributed by atoms with Gasteiger partial charge in [-0.2, -0.15) is 8.78 Å². The molecule has 0 aliphatic rings. The first-order valence-electron chi connectivity index (χ1n) is 5.60. The number of methoxy groups -OCH3 is 1. The molecule has 0 aliphatic heterocycles. The summed E-state index contributed by atoms with van der Waals surface area (Å²) in [5.41, 5.74) is 6.25. The van der Waals surface area contributed by atoms with Gasteiger partial charge in [0.15, 0.2) is 0 Å². The third kappa shape index (κ3) is 4.50. The number of benzene rings is 1. The average Bonchev–Trinajstić information content (AvgIpc) is 2.38. The van der Waals surface area contributed by atoms with E-state index in [1.807, 2.05) is 0 Å². The van der Waals surface area contributed by atoms with E-state index < -0.39 is 25.0 Å². The molecule has 2 N–H and O–H groups in total. The Morgan fingerprint density at radius 1 is 1.35 bits per heavy atom. The maximum Gasteiger partial charge on any atom is 0.330 e. The van der Waals surface area contributed by atoms with Gasteiger partial charge in [0.1, 0.15) is 12.4 Å². The molecule has 0 saturated carbocycles. The summed E-state index contributed by atoms with van der Waals surface area (Å²) >= 11 is 5.82. The molecule has 3 nitrogen and oxygen atoms in total. The fraction of sp³-hybridized carbons (Fsp3) is 0.500. The normalized spacial score (nSPS) is 13.6. The van der Waals surface area contributed by atoms with E-state index in [0.29, 0.717) is 16.3 Å². The van der Waals surface area contributed by atoms with Crippen LogP contribution in [0, 0.1) is 0 Å². The predicted octanol–water partition coefficient (Wildman–Crippen LogP) is 3.27. The van der Waals surface area contributed by atoms with Crippen LogP contribution >= 0.6 is 11.6 Å². The maximum atomic E-state index is 12.6. The van der Waals surface area contributed by atoms with Crippen molar-refractivity contribution in [1.82, 2.24) is 0 Å². The SMILES string of the molecule is COc1cc(C(N)COCC(F)(F)C(F)F)ccc1Cl. The largest absolute Gasteiger partial charge is 0.495 e. The molecule has 0 amide bonds. The quantitative estimate of drug-likeness (QED) is 0.785. The van der Waals surface area contributed by atoms with Crippen molar-refractivity contribution in [3.05, 3.63) is 28.8 Å². The molecule has 0 bridgehead atoms. The highest BCUT2D eigenvalue weighted by atomic mass is 35.5. The van der Waals surface area contributed by atoms with Gasteiger partial charge in [-0.1, -0.05) is 17.7 Å². The predicted molar refractivity (Wildman–Crippen MR) is 66.7 cm³/mol. The third-order valence-corrected chi connectivity index (χ3v) is 2.83. The summed E-state index contributed by atoms with van der Waals surface area (Å²) in [5.74, 6) is -3.81. The molecule has 1 aromatic rings. The molecule has 1 unspecified atom stereocenters. The van der Waals surface area contributed by atoms with Crippen LogP contribution in [0.25, 0.3) is 0 Å². The van der Waals surface area contributed by atoms with Crippen LogP contribution in [0.3, 0.4) is 0 Å². The van der Waals surface area contributed by atoms with E-state index in [1.165, 1.54) is 19.2 Å². The van der Waals surface area contributed by atoms with Crippen LogP contribution in [0.2, 0.25) is 5.02 Å². The van der Waals surface area contributed by atoms with Crippen LogP contribution in [-0.4, -0.2) is 32.7 Å². The Kier molecular flexibility index (Phi) is 6.04. The van der Waals surface area contributed by atoms with Crippen LogP contribution in [-0.2, 0) is 4.74 Å². The molecule has 8 heteroatoms. The van der Waals surface area contributed by atoms with E-state index in [9.17, 15) is 17.6 Å². The molecule has 0 aliphatic carbocycles. The minimum atomic E-state index is -4.18. The summed E-state index contributed by atoms with van der Waals surface area (Å²) in [5, 5.41) is 0.369. The molecule has 20 heavy (non-hydrogen) atoms. The molecule has 0 saturated heterocycles. The molecule has 0 fully saturated rings. The molecule has 0 radical (unpaired) electrons. The number of halogens is 5. The maximum absolute atomic E-state index is 12.6. The number of hydrogen-bond acceptors (Lipinski definition) is 3. The fourth-order valence-electron chi connectivity index (χ4n) is 1.39. The molecule has 1 rings (SSSR count). The van der Waals surface area contributed by atoms with Gasteiger partial charge in [0.2, 0.25) is 0 Å². The van der Waals surface area contributed by atoms with Crippen molar-refractivity contribution in [3.8, 4) is 5.75 Å².